The second-order valence-electron chi connectivity index (χ2n) is 3.40. The number of carbonyl (C=O) groups excluding carboxylic acids is 1. The number of nitrogens with two attached hydrogens (primary N) is 1. The summed E-state index contributed by atoms with van der Waals surface area (Å²) in [6.45, 7) is 2.34. The Kier molecular flexibility index (Phi) is 4.90. The number of hydrogen-bond donors (Lipinski definition) is 1. The van der Waals surface area contributed by atoms with E-state index in [1.807, 2.05) is 0 Å². The van der Waals surface area contributed by atoms with Gasteiger partial charge in [0.05, 0.1) is 6.54 Å². The minimum atomic E-state index is -4.23. The van der Waals surface area contributed by atoms with Crippen molar-refractivity contribution in [2.75, 3.05) is 13.1 Å². The van der Waals surface area contributed by atoms with Crippen LogP contribution in [0.4, 0.5) is 13.2 Å². The van der Waals surface area contributed by atoms with Gasteiger partial charge in [-0.2, -0.15) is 13.2 Å². The Labute approximate surface area is 81.1 Å². The van der Waals surface area contributed by atoms with Crippen molar-refractivity contribution >= 4 is 5.91 Å². The van der Waals surface area contributed by atoms with Crippen molar-refractivity contribution in [3.8, 4) is 0 Å². The number of carbonyl (C=O) groups is 1. The summed E-state index contributed by atoms with van der Waals surface area (Å²) < 4.78 is 36.1. The quantitative estimate of drug-likeness (QED) is 0.742. The van der Waals surface area contributed by atoms with Crippen molar-refractivity contribution < 1.29 is 18.0 Å². The third kappa shape index (κ3) is 6.71. The average Bonchev–Trinajstić information content (AvgIpc) is 1.94. The largest absolute Gasteiger partial charge is 0.401 e. The second kappa shape index (κ2) is 5.19. The molecule has 84 valence electrons. The molecule has 0 unspecified atom stereocenters. The predicted octanol–water partition coefficient (Wildman–Crippen LogP) is 1.13. The summed E-state index contributed by atoms with van der Waals surface area (Å²) in [6, 6.07) is -0.254. The molecule has 3 nitrogen and oxygen atoms in total. The maximum Gasteiger partial charge on any atom is 0.401 e. The standard InChI is InChI=1S/C8H15F3N2O/c1-6(2)13(4-3-7(12)14)5-8(9,10)11/h6H,3-5H2,1-2H3,(H2,12,14). The van der Waals surface area contributed by atoms with Gasteiger partial charge in [-0.1, -0.05) is 0 Å². The molecule has 6 heteroatoms. The van der Waals surface area contributed by atoms with E-state index in [0.717, 1.165) is 0 Å². The van der Waals surface area contributed by atoms with Gasteiger partial charge in [-0.15, -0.1) is 0 Å². The normalized spacial score (nSPS) is 12.5. The molecule has 0 aromatic carbocycles. The third-order valence-corrected chi connectivity index (χ3v) is 1.76. The predicted molar refractivity (Wildman–Crippen MR) is 46.6 cm³/mol. The SMILES string of the molecule is CC(C)N(CCC(N)=O)CC(F)(F)F. The summed E-state index contributed by atoms with van der Waals surface area (Å²) in [4.78, 5) is 11.6. The van der Waals surface area contributed by atoms with Crippen LogP contribution in [0.5, 0.6) is 0 Å². The van der Waals surface area contributed by atoms with Gasteiger partial charge in [-0.25, -0.2) is 0 Å². The van der Waals surface area contributed by atoms with Gasteiger partial charge in [-0.3, -0.25) is 9.69 Å². The molecule has 0 spiro atoms. The maximum absolute atomic E-state index is 12.0. The first-order valence-corrected chi connectivity index (χ1v) is 4.31. The minimum Gasteiger partial charge on any atom is -0.370 e. The molecule has 0 aromatic rings. The summed E-state index contributed by atoms with van der Waals surface area (Å²) in [5, 5.41) is 0. The van der Waals surface area contributed by atoms with Gasteiger partial charge < -0.3 is 5.73 Å². The van der Waals surface area contributed by atoms with Gasteiger partial charge in [0.15, 0.2) is 0 Å². The number of alkyl halides is 3. The fourth-order valence-corrected chi connectivity index (χ4v) is 1.00. The second-order valence-corrected chi connectivity index (χ2v) is 3.40. The number of primary amides is 1. The molecule has 14 heavy (non-hydrogen) atoms. The van der Waals surface area contributed by atoms with Crippen molar-refractivity contribution in [2.45, 2.75) is 32.5 Å². The molecule has 1 amide bonds. The van der Waals surface area contributed by atoms with Crippen molar-refractivity contribution in [1.82, 2.24) is 4.90 Å². The van der Waals surface area contributed by atoms with Crippen molar-refractivity contribution in [2.24, 2.45) is 5.73 Å². The van der Waals surface area contributed by atoms with Gasteiger partial charge >= 0.3 is 6.18 Å². The van der Waals surface area contributed by atoms with Crippen molar-refractivity contribution in [3.05, 3.63) is 0 Å². The Balaban J connectivity index is 4.10. The molecule has 2 N–H and O–H groups in total. The fraction of sp³-hybridized carbons (Fsp3) is 0.875. The zero-order valence-corrected chi connectivity index (χ0v) is 8.27. The van der Waals surface area contributed by atoms with Crippen LogP contribution >= 0.6 is 0 Å². The maximum atomic E-state index is 12.0. The number of rotatable bonds is 5. The first kappa shape index (κ1) is 13.2. The van der Waals surface area contributed by atoms with Gasteiger partial charge in [-0.05, 0) is 13.8 Å². The monoisotopic (exact) mass is 212 g/mol. The highest BCUT2D eigenvalue weighted by Gasteiger charge is 2.31. The molecule has 0 atom stereocenters. The Morgan fingerprint density at radius 3 is 2.21 bits per heavy atom. The smallest absolute Gasteiger partial charge is 0.370 e. The van der Waals surface area contributed by atoms with Crippen LogP contribution in [0, 0.1) is 0 Å². The average molecular weight is 212 g/mol. The summed E-state index contributed by atoms with van der Waals surface area (Å²) in [6.07, 6.45) is -4.28. The molecular formula is C8H15F3N2O. The van der Waals surface area contributed by atoms with Crippen LogP contribution in [0.2, 0.25) is 0 Å². The third-order valence-electron chi connectivity index (χ3n) is 1.76. The van der Waals surface area contributed by atoms with Gasteiger partial charge in [0, 0.05) is 19.0 Å². The highest BCUT2D eigenvalue weighted by molar-refractivity contribution is 5.73. The van der Waals surface area contributed by atoms with Crippen LogP contribution in [0.15, 0.2) is 0 Å². The van der Waals surface area contributed by atoms with E-state index >= 15 is 0 Å². The molecule has 0 rings (SSSR count). The molecule has 0 aliphatic rings. The number of halogens is 3. The zero-order chi connectivity index (χ0) is 11.4. The molecule has 0 aromatic heterocycles. The topological polar surface area (TPSA) is 46.3 Å². The van der Waals surface area contributed by atoms with E-state index in [1.54, 1.807) is 13.8 Å². The Hall–Kier alpha value is -0.780. The minimum absolute atomic E-state index is 0.0474. The molecule has 0 saturated heterocycles. The van der Waals surface area contributed by atoms with Gasteiger partial charge in [0.25, 0.3) is 0 Å². The van der Waals surface area contributed by atoms with Crippen LogP contribution in [-0.4, -0.2) is 36.1 Å². The van der Waals surface area contributed by atoms with Crippen molar-refractivity contribution in [1.29, 1.82) is 0 Å². The van der Waals surface area contributed by atoms with E-state index < -0.39 is 18.6 Å². The Bertz CT molecular complexity index is 192. The molecule has 0 bridgehead atoms. The van der Waals surface area contributed by atoms with Crippen LogP contribution in [0.1, 0.15) is 20.3 Å². The first-order chi connectivity index (χ1) is 6.22. The number of amides is 1. The summed E-state index contributed by atoms with van der Waals surface area (Å²) >= 11 is 0. The van der Waals surface area contributed by atoms with Crippen LogP contribution < -0.4 is 5.73 Å². The Morgan fingerprint density at radius 2 is 1.93 bits per heavy atom. The molecule has 0 aliphatic heterocycles. The van der Waals surface area contributed by atoms with E-state index in [0.29, 0.717) is 0 Å². The Morgan fingerprint density at radius 1 is 1.43 bits per heavy atom. The fourth-order valence-electron chi connectivity index (χ4n) is 1.00. The van der Waals surface area contributed by atoms with E-state index in [9.17, 15) is 18.0 Å². The van der Waals surface area contributed by atoms with Crippen LogP contribution in [0.3, 0.4) is 0 Å². The molecular weight excluding hydrogens is 197 g/mol. The summed E-state index contributed by atoms with van der Waals surface area (Å²) in [5.74, 6) is -0.585. The first-order valence-electron chi connectivity index (χ1n) is 4.31. The molecule has 0 saturated carbocycles. The van der Waals surface area contributed by atoms with Gasteiger partial charge in [0.1, 0.15) is 0 Å². The molecule has 0 aliphatic carbocycles. The van der Waals surface area contributed by atoms with Crippen LogP contribution in [-0.2, 0) is 4.79 Å². The summed E-state index contributed by atoms with van der Waals surface area (Å²) in [5.41, 5.74) is 4.86. The molecule has 0 fully saturated rings. The highest BCUT2D eigenvalue weighted by Crippen LogP contribution is 2.17. The van der Waals surface area contributed by atoms with E-state index in [-0.39, 0.29) is 19.0 Å². The molecule has 0 radical (unpaired) electrons. The lowest BCUT2D eigenvalue weighted by atomic mass is 10.2. The highest BCUT2D eigenvalue weighted by atomic mass is 19.4. The van der Waals surface area contributed by atoms with Gasteiger partial charge in [0.2, 0.25) is 5.91 Å². The number of nitrogens with zero attached hydrogens (tertiary/aromatic N) is 1. The number of hydrogen-bond acceptors (Lipinski definition) is 2. The van der Waals surface area contributed by atoms with E-state index in [1.165, 1.54) is 4.90 Å². The van der Waals surface area contributed by atoms with E-state index in [4.69, 9.17) is 5.73 Å². The lowest BCUT2D eigenvalue weighted by Gasteiger charge is -2.26. The lowest BCUT2D eigenvalue weighted by molar-refractivity contribution is -0.150. The zero-order valence-electron chi connectivity index (χ0n) is 8.27. The summed E-state index contributed by atoms with van der Waals surface area (Å²) in [7, 11) is 0. The van der Waals surface area contributed by atoms with Crippen LogP contribution in [0.25, 0.3) is 0 Å². The van der Waals surface area contributed by atoms with E-state index in [2.05, 4.69) is 0 Å². The molecule has 0 heterocycles. The van der Waals surface area contributed by atoms with Crippen molar-refractivity contribution in [3.63, 3.8) is 0 Å². The lowest BCUT2D eigenvalue weighted by Crippen LogP contribution is -2.40.